The normalized spacial score (nSPS) is 13.8. The molecule has 0 spiro atoms. The Morgan fingerprint density at radius 2 is 1.85 bits per heavy atom. The fourth-order valence-corrected chi connectivity index (χ4v) is 2.10. The monoisotopic (exact) mass is 277 g/mol. The van der Waals surface area contributed by atoms with Crippen LogP contribution in [-0.2, 0) is 0 Å². The second kappa shape index (κ2) is 8.75. The molecule has 0 radical (unpaired) electrons. The van der Waals surface area contributed by atoms with E-state index in [1.807, 2.05) is 38.1 Å². The van der Waals surface area contributed by atoms with Crippen molar-refractivity contribution in [2.75, 3.05) is 6.61 Å². The fourth-order valence-electron chi connectivity index (χ4n) is 2.10. The average molecular weight is 277 g/mol. The van der Waals surface area contributed by atoms with Crippen LogP contribution >= 0.6 is 0 Å². The van der Waals surface area contributed by atoms with Crippen molar-refractivity contribution in [1.29, 1.82) is 0 Å². The van der Waals surface area contributed by atoms with Gasteiger partial charge in [-0.05, 0) is 50.5 Å². The zero-order chi connectivity index (χ0) is 15.0. The molecule has 0 aliphatic carbocycles. The van der Waals surface area contributed by atoms with E-state index in [0.29, 0.717) is 6.61 Å². The van der Waals surface area contributed by atoms with E-state index in [4.69, 9.17) is 10.5 Å². The highest BCUT2D eigenvalue weighted by atomic mass is 16.5. The maximum Gasteiger partial charge on any atom is 0.165 e. The molecule has 3 heteroatoms. The first kappa shape index (κ1) is 16.7. The van der Waals surface area contributed by atoms with Crippen LogP contribution in [0.5, 0.6) is 5.75 Å². The van der Waals surface area contributed by atoms with Gasteiger partial charge in [-0.15, -0.1) is 0 Å². The van der Waals surface area contributed by atoms with Crippen molar-refractivity contribution in [2.45, 2.75) is 52.5 Å². The van der Waals surface area contributed by atoms with Crippen molar-refractivity contribution < 1.29 is 9.53 Å². The number of rotatable bonds is 9. The lowest BCUT2D eigenvalue weighted by atomic mass is 9.93. The van der Waals surface area contributed by atoms with Crippen molar-refractivity contribution >= 4 is 5.78 Å². The van der Waals surface area contributed by atoms with Crippen molar-refractivity contribution in [3.8, 4) is 5.75 Å². The van der Waals surface area contributed by atoms with Crippen LogP contribution in [0.4, 0.5) is 0 Å². The SMILES string of the molecule is CCCOc1ccc(C(=O)C(C)CCCC(C)N)cc1. The van der Waals surface area contributed by atoms with Gasteiger partial charge in [0.25, 0.3) is 0 Å². The Labute approximate surface area is 122 Å². The summed E-state index contributed by atoms with van der Waals surface area (Å²) in [5, 5.41) is 0. The van der Waals surface area contributed by atoms with Gasteiger partial charge in [0.15, 0.2) is 5.78 Å². The van der Waals surface area contributed by atoms with E-state index < -0.39 is 0 Å². The lowest BCUT2D eigenvalue weighted by molar-refractivity contribution is 0.0922. The number of nitrogens with two attached hydrogens (primary N) is 1. The molecule has 1 rings (SSSR count). The van der Waals surface area contributed by atoms with Crippen molar-refractivity contribution in [1.82, 2.24) is 0 Å². The van der Waals surface area contributed by atoms with E-state index in [1.165, 1.54) is 0 Å². The number of hydrogen-bond donors (Lipinski definition) is 1. The molecule has 0 amide bonds. The summed E-state index contributed by atoms with van der Waals surface area (Å²) in [4.78, 5) is 12.3. The standard InChI is InChI=1S/C17H27NO2/c1-4-12-20-16-10-8-15(9-11-16)17(19)13(2)6-5-7-14(3)18/h8-11,13-14H,4-7,12,18H2,1-3H3. The number of ether oxygens (including phenoxy) is 1. The highest BCUT2D eigenvalue weighted by Crippen LogP contribution is 2.18. The van der Waals surface area contributed by atoms with E-state index in [-0.39, 0.29) is 17.7 Å². The maximum absolute atomic E-state index is 12.3. The summed E-state index contributed by atoms with van der Waals surface area (Å²) in [7, 11) is 0. The Balaban J connectivity index is 2.49. The zero-order valence-corrected chi connectivity index (χ0v) is 12.9. The largest absolute Gasteiger partial charge is 0.494 e. The lowest BCUT2D eigenvalue weighted by Gasteiger charge is -2.12. The molecule has 2 atom stereocenters. The zero-order valence-electron chi connectivity index (χ0n) is 12.9. The summed E-state index contributed by atoms with van der Waals surface area (Å²) in [6, 6.07) is 7.67. The molecule has 0 fully saturated rings. The minimum atomic E-state index is 0.0520. The topological polar surface area (TPSA) is 52.3 Å². The molecule has 2 unspecified atom stereocenters. The number of carbonyl (C=O) groups excluding carboxylic acids is 1. The molecule has 0 saturated heterocycles. The summed E-state index contributed by atoms with van der Waals surface area (Å²) < 4.78 is 5.52. The Kier molecular flexibility index (Phi) is 7.31. The maximum atomic E-state index is 12.3. The summed E-state index contributed by atoms with van der Waals surface area (Å²) in [5.74, 6) is 1.08. The van der Waals surface area contributed by atoms with Gasteiger partial charge in [-0.1, -0.05) is 20.3 Å². The summed E-state index contributed by atoms with van der Waals surface area (Å²) in [6.45, 7) is 6.77. The summed E-state index contributed by atoms with van der Waals surface area (Å²) >= 11 is 0. The summed E-state index contributed by atoms with van der Waals surface area (Å²) in [5.41, 5.74) is 6.49. The van der Waals surface area contributed by atoms with Gasteiger partial charge in [0.1, 0.15) is 5.75 Å². The smallest absolute Gasteiger partial charge is 0.165 e. The van der Waals surface area contributed by atoms with Crippen LogP contribution in [0.1, 0.15) is 56.8 Å². The molecule has 112 valence electrons. The predicted molar refractivity (Wildman–Crippen MR) is 83.2 cm³/mol. The second-order valence-corrected chi connectivity index (χ2v) is 5.55. The second-order valence-electron chi connectivity index (χ2n) is 5.55. The number of ketones is 1. The Bertz CT molecular complexity index is 398. The van der Waals surface area contributed by atoms with Gasteiger partial charge in [-0.2, -0.15) is 0 Å². The van der Waals surface area contributed by atoms with Gasteiger partial charge in [-0.25, -0.2) is 0 Å². The van der Waals surface area contributed by atoms with Gasteiger partial charge in [-0.3, -0.25) is 4.79 Å². The molecule has 3 nitrogen and oxygen atoms in total. The van der Waals surface area contributed by atoms with Crippen molar-refractivity contribution in [3.05, 3.63) is 29.8 Å². The first-order valence-corrected chi connectivity index (χ1v) is 7.57. The van der Waals surface area contributed by atoms with E-state index >= 15 is 0 Å². The van der Waals surface area contributed by atoms with E-state index in [0.717, 1.165) is 37.0 Å². The van der Waals surface area contributed by atoms with E-state index in [9.17, 15) is 4.79 Å². The number of benzene rings is 1. The third-order valence-corrected chi connectivity index (χ3v) is 3.36. The molecule has 0 aromatic heterocycles. The molecule has 1 aromatic rings. The van der Waals surface area contributed by atoms with Gasteiger partial charge >= 0.3 is 0 Å². The van der Waals surface area contributed by atoms with Crippen molar-refractivity contribution in [3.63, 3.8) is 0 Å². The molecule has 0 bridgehead atoms. The third kappa shape index (κ3) is 5.74. The Morgan fingerprint density at radius 1 is 1.20 bits per heavy atom. The highest BCUT2D eigenvalue weighted by molar-refractivity contribution is 5.97. The molecule has 0 aliphatic rings. The van der Waals surface area contributed by atoms with Crippen LogP contribution < -0.4 is 10.5 Å². The van der Waals surface area contributed by atoms with Crippen LogP contribution in [0.2, 0.25) is 0 Å². The van der Waals surface area contributed by atoms with Crippen LogP contribution in [0.15, 0.2) is 24.3 Å². The van der Waals surface area contributed by atoms with Crippen LogP contribution in [-0.4, -0.2) is 18.4 Å². The highest BCUT2D eigenvalue weighted by Gasteiger charge is 2.15. The summed E-state index contributed by atoms with van der Waals surface area (Å²) in [6.07, 6.45) is 3.86. The molecule has 2 N–H and O–H groups in total. The van der Waals surface area contributed by atoms with Gasteiger partial charge in [0.2, 0.25) is 0 Å². The first-order chi connectivity index (χ1) is 9.54. The van der Waals surface area contributed by atoms with Crippen LogP contribution in [0, 0.1) is 5.92 Å². The molecular weight excluding hydrogens is 250 g/mol. The number of Topliss-reactive ketones (excluding diaryl/α,β-unsaturated/α-hetero) is 1. The van der Waals surface area contributed by atoms with E-state index in [1.54, 1.807) is 0 Å². The van der Waals surface area contributed by atoms with Gasteiger partial charge < -0.3 is 10.5 Å². The lowest BCUT2D eigenvalue weighted by Crippen LogP contribution is -2.16. The molecule has 0 saturated carbocycles. The van der Waals surface area contributed by atoms with Crippen LogP contribution in [0.3, 0.4) is 0 Å². The quantitative estimate of drug-likeness (QED) is 0.698. The molecule has 0 aliphatic heterocycles. The predicted octanol–water partition coefficient (Wildman–Crippen LogP) is 3.81. The van der Waals surface area contributed by atoms with Gasteiger partial charge in [0.05, 0.1) is 6.61 Å². The third-order valence-electron chi connectivity index (χ3n) is 3.36. The number of carbonyl (C=O) groups is 1. The minimum Gasteiger partial charge on any atom is -0.494 e. The fraction of sp³-hybridized carbons (Fsp3) is 0.588. The molecule has 1 aromatic carbocycles. The molecular formula is C17H27NO2. The first-order valence-electron chi connectivity index (χ1n) is 7.57. The van der Waals surface area contributed by atoms with Gasteiger partial charge in [0, 0.05) is 17.5 Å². The van der Waals surface area contributed by atoms with Crippen LogP contribution in [0.25, 0.3) is 0 Å². The minimum absolute atomic E-state index is 0.0520. The molecule has 20 heavy (non-hydrogen) atoms. The van der Waals surface area contributed by atoms with Crippen molar-refractivity contribution in [2.24, 2.45) is 11.7 Å². The molecule has 0 heterocycles. The van der Waals surface area contributed by atoms with E-state index in [2.05, 4.69) is 6.92 Å². The Hall–Kier alpha value is -1.35. The Morgan fingerprint density at radius 3 is 2.40 bits per heavy atom. The number of hydrogen-bond acceptors (Lipinski definition) is 3. The average Bonchev–Trinajstić information content (AvgIpc) is 2.44.